The monoisotopic (exact) mass is 275 g/mol. The van der Waals surface area contributed by atoms with Gasteiger partial charge in [0.05, 0.1) is 6.04 Å². The molecule has 1 aliphatic heterocycles. The molecule has 4 heteroatoms. The summed E-state index contributed by atoms with van der Waals surface area (Å²) in [7, 11) is 0. The standard InChI is InChI=1S/C16H25N3O/c1-13(15-6-4-3-5-7-15)12-18-16(20)14(2)19-10-8-17-9-11-19/h3-7,13-14,17H,8-12H2,1-2H3,(H,18,20). The van der Waals surface area contributed by atoms with Crippen molar-refractivity contribution in [2.45, 2.75) is 25.8 Å². The summed E-state index contributed by atoms with van der Waals surface area (Å²) in [5.41, 5.74) is 1.27. The van der Waals surface area contributed by atoms with Gasteiger partial charge in [0.25, 0.3) is 0 Å². The summed E-state index contributed by atoms with van der Waals surface area (Å²) in [5.74, 6) is 0.477. The molecule has 0 aromatic heterocycles. The Morgan fingerprint density at radius 3 is 2.55 bits per heavy atom. The lowest BCUT2D eigenvalue weighted by Gasteiger charge is -2.32. The van der Waals surface area contributed by atoms with Gasteiger partial charge in [-0.25, -0.2) is 0 Å². The highest BCUT2D eigenvalue weighted by Crippen LogP contribution is 2.13. The quantitative estimate of drug-likeness (QED) is 0.849. The Bertz CT molecular complexity index is 415. The van der Waals surface area contributed by atoms with E-state index in [2.05, 4.69) is 34.6 Å². The highest BCUT2D eigenvalue weighted by Gasteiger charge is 2.22. The number of benzene rings is 1. The summed E-state index contributed by atoms with van der Waals surface area (Å²) < 4.78 is 0. The van der Waals surface area contributed by atoms with Gasteiger partial charge in [0.15, 0.2) is 0 Å². The lowest BCUT2D eigenvalue weighted by molar-refractivity contribution is -0.126. The molecule has 2 atom stereocenters. The fourth-order valence-electron chi connectivity index (χ4n) is 2.54. The van der Waals surface area contributed by atoms with Crippen molar-refractivity contribution in [3.8, 4) is 0 Å². The molecule has 1 saturated heterocycles. The average Bonchev–Trinajstić information content (AvgIpc) is 2.53. The molecule has 1 fully saturated rings. The van der Waals surface area contributed by atoms with Gasteiger partial charge in [0, 0.05) is 32.7 Å². The van der Waals surface area contributed by atoms with Crippen molar-refractivity contribution >= 4 is 5.91 Å². The van der Waals surface area contributed by atoms with Crippen LogP contribution in [-0.2, 0) is 4.79 Å². The lowest BCUT2D eigenvalue weighted by Crippen LogP contribution is -2.53. The van der Waals surface area contributed by atoms with Gasteiger partial charge in [-0.1, -0.05) is 37.3 Å². The first-order valence-corrected chi connectivity index (χ1v) is 7.46. The molecule has 1 heterocycles. The molecule has 0 saturated carbocycles. The van der Waals surface area contributed by atoms with E-state index in [1.807, 2.05) is 25.1 Å². The smallest absolute Gasteiger partial charge is 0.237 e. The molecule has 1 aromatic rings. The number of piperazine rings is 1. The van der Waals surface area contributed by atoms with Crippen LogP contribution in [0, 0.1) is 0 Å². The van der Waals surface area contributed by atoms with Gasteiger partial charge in [-0.2, -0.15) is 0 Å². The van der Waals surface area contributed by atoms with Crippen LogP contribution in [0.1, 0.15) is 25.3 Å². The summed E-state index contributed by atoms with van der Waals surface area (Å²) in [6.45, 7) is 8.67. The van der Waals surface area contributed by atoms with Gasteiger partial charge in [-0.05, 0) is 18.4 Å². The fourth-order valence-corrected chi connectivity index (χ4v) is 2.54. The van der Waals surface area contributed by atoms with Crippen molar-refractivity contribution in [2.75, 3.05) is 32.7 Å². The van der Waals surface area contributed by atoms with Crippen LogP contribution in [0.4, 0.5) is 0 Å². The molecule has 0 aliphatic carbocycles. The Balaban J connectivity index is 1.79. The number of rotatable bonds is 5. The summed E-state index contributed by atoms with van der Waals surface area (Å²) in [4.78, 5) is 14.4. The maximum Gasteiger partial charge on any atom is 0.237 e. The van der Waals surface area contributed by atoms with Gasteiger partial charge in [-0.15, -0.1) is 0 Å². The molecule has 1 aliphatic rings. The zero-order valence-corrected chi connectivity index (χ0v) is 12.4. The van der Waals surface area contributed by atoms with E-state index < -0.39 is 0 Å². The topological polar surface area (TPSA) is 44.4 Å². The normalized spacial score (nSPS) is 19.3. The second-order valence-corrected chi connectivity index (χ2v) is 5.52. The molecule has 0 bridgehead atoms. The SMILES string of the molecule is CC(CNC(=O)C(C)N1CCNCC1)c1ccccc1. The second-order valence-electron chi connectivity index (χ2n) is 5.52. The summed E-state index contributed by atoms with van der Waals surface area (Å²) >= 11 is 0. The molecule has 1 amide bonds. The first kappa shape index (κ1) is 15.0. The van der Waals surface area contributed by atoms with E-state index in [-0.39, 0.29) is 11.9 Å². The van der Waals surface area contributed by atoms with Crippen molar-refractivity contribution in [2.24, 2.45) is 0 Å². The zero-order chi connectivity index (χ0) is 14.4. The largest absolute Gasteiger partial charge is 0.354 e. The number of nitrogens with zero attached hydrogens (tertiary/aromatic N) is 1. The third-order valence-electron chi connectivity index (χ3n) is 4.03. The predicted octanol–water partition coefficient (Wildman–Crippen LogP) is 1.20. The molecule has 1 aromatic carbocycles. The Labute approximate surface area is 121 Å². The third-order valence-corrected chi connectivity index (χ3v) is 4.03. The molecule has 20 heavy (non-hydrogen) atoms. The number of carbonyl (C=O) groups is 1. The molecule has 0 spiro atoms. The van der Waals surface area contributed by atoms with Crippen LogP contribution in [0.5, 0.6) is 0 Å². The lowest BCUT2D eigenvalue weighted by atomic mass is 10.0. The number of hydrogen-bond donors (Lipinski definition) is 2. The van der Waals surface area contributed by atoms with Crippen molar-refractivity contribution < 1.29 is 4.79 Å². The van der Waals surface area contributed by atoms with E-state index in [0.717, 1.165) is 26.2 Å². The van der Waals surface area contributed by atoms with Crippen LogP contribution in [-0.4, -0.2) is 49.6 Å². The first-order chi connectivity index (χ1) is 9.68. The van der Waals surface area contributed by atoms with Gasteiger partial charge < -0.3 is 10.6 Å². The molecule has 0 radical (unpaired) electrons. The molecule has 2 rings (SSSR count). The van der Waals surface area contributed by atoms with Gasteiger partial charge in [0.1, 0.15) is 0 Å². The van der Waals surface area contributed by atoms with E-state index in [1.165, 1.54) is 5.56 Å². The maximum atomic E-state index is 12.2. The van der Waals surface area contributed by atoms with Crippen molar-refractivity contribution in [1.82, 2.24) is 15.5 Å². The summed E-state index contributed by atoms with van der Waals surface area (Å²) in [6, 6.07) is 10.3. The Kier molecular flexibility index (Phi) is 5.56. The minimum Gasteiger partial charge on any atom is -0.354 e. The van der Waals surface area contributed by atoms with Crippen LogP contribution in [0.15, 0.2) is 30.3 Å². The Hall–Kier alpha value is -1.39. The second kappa shape index (κ2) is 7.41. The minimum absolute atomic E-state index is 0.0416. The van der Waals surface area contributed by atoms with Crippen LogP contribution in [0.3, 0.4) is 0 Å². The highest BCUT2D eigenvalue weighted by molar-refractivity contribution is 5.81. The van der Waals surface area contributed by atoms with Crippen molar-refractivity contribution in [3.63, 3.8) is 0 Å². The Morgan fingerprint density at radius 2 is 1.90 bits per heavy atom. The number of hydrogen-bond acceptors (Lipinski definition) is 3. The number of amides is 1. The minimum atomic E-state index is -0.0416. The van der Waals surface area contributed by atoms with E-state index in [0.29, 0.717) is 12.5 Å². The fraction of sp³-hybridized carbons (Fsp3) is 0.562. The highest BCUT2D eigenvalue weighted by atomic mass is 16.2. The molecule has 2 N–H and O–H groups in total. The average molecular weight is 275 g/mol. The molecule has 110 valence electrons. The zero-order valence-electron chi connectivity index (χ0n) is 12.4. The van der Waals surface area contributed by atoms with Crippen LogP contribution >= 0.6 is 0 Å². The number of nitrogens with one attached hydrogen (secondary N) is 2. The molecule has 2 unspecified atom stereocenters. The first-order valence-electron chi connectivity index (χ1n) is 7.46. The van der Waals surface area contributed by atoms with E-state index in [1.54, 1.807) is 0 Å². The van der Waals surface area contributed by atoms with Crippen molar-refractivity contribution in [3.05, 3.63) is 35.9 Å². The van der Waals surface area contributed by atoms with E-state index >= 15 is 0 Å². The summed E-state index contributed by atoms with van der Waals surface area (Å²) in [6.07, 6.45) is 0. The van der Waals surface area contributed by atoms with Crippen LogP contribution in [0.2, 0.25) is 0 Å². The molecule has 4 nitrogen and oxygen atoms in total. The van der Waals surface area contributed by atoms with Gasteiger partial charge in [-0.3, -0.25) is 9.69 Å². The predicted molar refractivity (Wildman–Crippen MR) is 81.8 cm³/mol. The maximum absolute atomic E-state index is 12.2. The molecular formula is C16H25N3O. The third kappa shape index (κ3) is 4.05. The van der Waals surface area contributed by atoms with E-state index in [4.69, 9.17) is 0 Å². The van der Waals surface area contributed by atoms with Gasteiger partial charge >= 0.3 is 0 Å². The van der Waals surface area contributed by atoms with Gasteiger partial charge in [0.2, 0.25) is 5.91 Å². The van der Waals surface area contributed by atoms with Crippen molar-refractivity contribution in [1.29, 1.82) is 0 Å². The van der Waals surface area contributed by atoms with Crippen LogP contribution < -0.4 is 10.6 Å². The Morgan fingerprint density at radius 1 is 1.25 bits per heavy atom. The van der Waals surface area contributed by atoms with Crippen LogP contribution in [0.25, 0.3) is 0 Å². The van der Waals surface area contributed by atoms with E-state index in [9.17, 15) is 4.79 Å². The number of carbonyl (C=O) groups excluding carboxylic acids is 1. The summed E-state index contributed by atoms with van der Waals surface area (Å²) in [5, 5.41) is 6.38. The molecular weight excluding hydrogens is 250 g/mol.